The Morgan fingerprint density at radius 2 is 1.95 bits per heavy atom. The summed E-state index contributed by atoms with van der Waals surface area (Å²) in [6.07, 6.45) is 3.46. The maximum absolute atomic E-state index is 12.1. The van der Waals surface area contributed by atoms with Crippen LogP contribution in [0.5, 0.6) is 0 Å². The summed E-state index contributed by atoms with van der Waals surface area (Å²) in [5.74, 6) is -0.287. The summed E-state index contributed by atoms with van der Waals surface area (Å²) in [5, 5.41) is 11.7. The Bertz CT molecular complexity index is 480. The lowest BCUT2D eigenvalue weighted by atomic mass is 10.2. The van der Waals surface area contributed by atoms with Crippen molar-refractivity contribution in [2.45, 2.75) is 26.2 Å². The van der Waals surface area contributed by atoms with Gasteiger partial charge in [0.05, 0.1) is 0 Å². The molecule has 1 saturated carbocycles. The number of aliphatic carboxylic acids is 1. The Labute approximate surface area is 118 Å². The lowest BCUT2D eigenvalue weighted by molar-refractivity contribution is -0.135. The molecule has 5 heteroatoms. The van der Waals surface area contributed by atoms with Crippen LogP contribution in [0.25, 0.3) is 0 Å². The number of urea groups is 1. The Hall–Kier alpha value is -2.04. The summed E-state index contributed by atoms with van der Waals surface area (Å²) in [6.45, 7) is 2.21. The lowest BCUT2D eigenvalue weighted by Crippen LogP contribution is -2.43. The number of carbonyl (C=O) groups is 2. The van der Waals surface area contributed by atoms with E-state index in [0.29, 0.717) is 12.2 Å². The quantitative estimate of drug-likeness (QED) is 0.838. The zero-order valence-corrected chi connectivity index (χ0v) is 11.6. The van der Waals surface area contributed by atoms with E-state index in [1.807, 2.05) is 19.1 Å². The topological polar surface area (TPSA) is 69.6 Å². The molecule has 20 heavy (non-hydrogen) atoms. The van der Waals surface area contributed by atoms with Gasteiger partial charge in [-0.05, 0) is 31.4 Å². The van der Waals surface area contributed by atoms with Gasteiger partial charge >= 0.3 is 12.0 Å². The first-order chi connectivity index (χ1) is 9.56. The van der Waals surface area contributed by atoms with Gasteiger partial charge in [-0.1, -0.05) is 30.5 Å². The van der Waals surface area contributed by atoms with Gasteiger partial charge in [0.15, 0.2) is 0 Å². The minimum Gasteiger partial charge on any atom is -0.480 e. The van der Waals surface area contributed by atoms with E-state index in [2.05, 4.69) is 5.32 Å². The number of carboxylic acid groups (broad SMARTS) is 1. The average Bonchev–Trinajstić information content (AvgIpc) is 3.21. The molecule has 0 radical (unpaired) electrons. The molecule has 1 fully saturated rings. The van der Waals surface area contributed by atoms with Crippen LogP contribution in [0.1, 0.15) is 24.8 Å². The van der Waals surface area contributed by atoms with Crippen LogP contribution in [-0.4, -0.2) is 30.2 Å². The lowest BCUT2D eigenvalue weighted by Gasteiger charge is -2.21. The zero-order valence-electron chi connectivity index (χ0n) is 11.6. The van der Waals surface area contributed by atoms with Gasteiger partial charge in [-0.2, -0.15) is 0 Å². The fourth-order valence-electron chi connectivity index (χ4n) is 2.03. The summed E-state index contributed by atoms with van der Waals surface area (Å²) in [4.78, 5) is 24.3. The first-order valence-electron chi connectivity index (χ1n) is 6.90. The Morgan fingerprint density at radius 1 is 1.30 bits per heavy atom. The van der Waals surface area contributed by atoms with E-state index in [1.54, 1.807) is 12.1 Å². The number of carbonyl (C=O) groups excluding carboxylic acids is 1. The van der Waals surface area contributed by atoms with Gasteiger partial charge in [0, 0.05) is 12.2 Å². The molecule has 1 aliphatic rings. The smallest absolute Gasteiger partial charge is 0.323 e. The molecule has 0 spiro atoms. The van der Waals surface area contributed by atoms with Gasteiger partial charge in [-0.25, -0.2) is 4.79 Å². The van der Waals surface area contributed by atoms with Crippen molar-refractivity contribution in [3.05, 3.63) is 29.8 Å². The van der Waals surface area contributed by atoms with Crippen LogP contribution in [0.2, 0.25) is 0 Å². The zero-order chi connectivity index (χ0) is 14.5. The van der Waals surface area contributed by atoms with Gasteiger partial charge in [-0.15, -0.1) is 0 Å². The molecule has 0 unspecified atom stereocenters. The molecule has 5 nitrogen and oxygen atoms in total. The van der Waals surface area contributed by atoms with Crippen molar-refractivity contribution in [3.63, 3.8) is 0 Å². The first-order valence-corrected chi connectivity index (χ1v) is 6.90. The number of amides is 2. The monoisotopic (exact) mass is 276 g/mol. The second-order valence-electron chi connectivity index (χ2n) is 5.28. The van der Waals surface area contributed by atoms with Crippen LogP contribution < -0.4 is 10.2 Å². The van der Waals surface area contributed by atoms with Crippen LogP contribution in [0, 0.1) is 12.8 Å². The van der Waals surface area contributed by atoms with Crippen molar-refractivity contribution < 1.29 is 14.7 Å². The van der Waals surface area contributed by atoms with Gasteiger partial charge < -0.3 is 10.4 Å². The number of nitrogens with one attached hydrogen (secondary N) is 1. The number of rotatable bonds is 6. The highest BCUT2D eigenvalue weighted by atomic mass is 16.4. The molecule has 1 aliphatic carbocycles. The Morgan fingerprint density at radius 3 is 2.50 bits per heavy atom. The molecule has 0 saturated heterocycles. The number of hydrogen-bond acceptors (Lipinski definition) is 2. The van der Waals surface area contributed by atoms with Crippen molar-refractivity contribution in [3.8, 4) is 0 Å². The maximum atomic E-state index is 12.1. The molecule has 0 atom stereocenters. The highest BCUT2D eigenvalue weighted by molar-refractivity contribution is 5.96. The maximum Gasteiger partial charge on any atom is 0.323 e. The third-order valence-corrected chi connectivity index (χ3v) is 3.41. The van der Waals surface area contributed by atoms with Crippen molar-refractivity contribution >= 4 is 17.7 Å². The summed E-state index contributed by atoms with van der Waals surface area (Å²) < 4.78 is 0. The van der Waals surface area contributed by atoms with E-state index in [1.165, 1.54) is 17.7 Å². The van der Waals surface area contributed by atoms with Crippen LogP contribution in [-0.2, 0) is 4.79 Å². The minimum absolute atomic E-state index is 0.335. The number of benzene rings is 1. The molecule has 108 valence electrons. The van der Waals surface area contributed by atoms with Gasteiger partial charge in [-0.3, -0.25) is 9.69 Å². The fraction of sp³-hybridized carbons (Fsp3) is 0.467. The normalized spacial score (nSPS) is 13.8. The molecule has 0 bridgehead atoms. The number of hydrogen-bond donors (Lipinski definition) is 2. The second-order valence-corrected chi connectivity index (χ2v) is 5.28. The van der Waals surface area contributed by atoms with Crippen molar-refractivity contribution in [1.29, 1.82) is 0 Å². The Balaban J connectivity index is 1.99. The third-order valence-electron chi connectivity index (χ3n) is 3.41. The highest BCUT2D eigenvalue weighted by Crippen LogP contribution is 2.31. The average molecular weight is 276 g/mol. The van der Waals surface area contributed by atoms with E-state index in [-0.39, 0.29) is 12.6 Å². The molecular weight excluding hydrogens is 256 g/mol. The van der Waals surface area contributed by atoms with E-state index in [4.69, 9.17) is 5.11 Å². The standard InChI is InChI=1S/C15H20N2O3/c1-11-2-6-13(7-3-11)17(10-14(18)19)15(20)16-9-8-12-4-5-12/h2-3,6-7,12H,4-5,8-10H2,1H3,(H,16,20)(H,18,19). The molecular formula is C15H20N2O3. The van der Waals surface area contributed by atoms with Crippen LogP contribution >= 0.6 is 0 Å². The van der Waals surface area contributed by atoms with E-state index >= 15 is 0 Å². The third kappa shape index (κ3) is 4.26. The SMILES string of the molecule is Cc1ccc(N(CC(=O)O)C(=O)NCCC2CC2)cc1. The predicted molar refractivity (Wildman–Crippen MR) is 76.9 cm³/mol. The number of anilines is 1. The minimum atomic E-state index is -1.03. The van der Waals surface area contributed by atoms with Crippen molar-refractivity contribution in [2.24, 2.45) is 5.92 Å². The van der Waals surface area contributed by atoms with Crippen LogP contribution in [0.4, 0.5) is 10.5 Å². The largest absolute Gasteiger partial charge is 0.480 e. The van der Waals surface area contributed by atoms with Crippen molar-refractivity contribution in [2.75, 3.05) is 18.0 Å². The predicted octanol–water partition coefficient (Wildman–Crippen LogP) is 2.40. The Kier molecular flexibility index (Phi) is 4.61. The fourth-order valence-corrected chi connectivity index (χ4v) is 2.03. The molecule has 0 aliphatic heterocycles. The van der Waals surface area contributed by atoms with E-state index in [9.17, 15) is 9.59 Å². The van der Waals surface area contributed by atoms with Gasteiger partial charge in [0.2, 0.25) is 0 Å². The van der Waals surface area contributed by atoms with Gasteiger partial charge in [0.25, 0.3) is 0 Å². The molecule has 0 aromatic heterocycles. The molecule has 1 aromatic rings. The van der Waals surface area contributed by atoms with E-state index in [0.717, 1.165) is 17.9 Å². The van der Waals surface area contributed by atoms with Crippen LogP contribution in [0.15, 0.2) is 24.3 Å². The molecule has 2 amide bonds. The number of aryl methyl sites for hydroxylation is 1. The summed E-state index contributed by atoms with van der Waals surface area (Å²) >= 11 is 0. The molecule has 1 aromatic carbocycles. The highest BCUT2D eigenvalue weighted by Gasteiger charge is 2.22. The summed E-state index contributed by atoms with van der Waals surface area (Å²) in [7, 11) is 0. The number of carboxylic acids is 1. The molecule has 0 heterocycles. The second kappa shape index (κ2) is 6.41. The van der Waals surface area contributed by atoms with Crippen LogP contribution in [0.3, 0.4) is 0 Å². The summed E-state index contributed by atoms with van der Waals surface area (Å²) in [6, 6.07) is 6.90. The summed E-state index contributed by atoms with van der Waals surface area (Å²) in [5.41, 5.74) is 1.67. The molecule has 2 N–H and O–H groups in total. The number of nitrogens with zero attached hydrogens (tertiary/aromatic N) is 1. The van der Waals surface area contributed by atoms with Crippen molar-refractivity contribution in [1.82, 2.24) is 5.32 Å². The van der Waals surface area contributed by atoms with E-state index < -0.39 is 5.97 Å². The first kappa shape index (κ1) is 14.4. The molecule has 2 rings (SSSR count). The van der Waals surface area contributed by atoms with Gasteiger partial charge in [0.1, 0.15) is 6.54 Å².